The molecule has 0 atom stereocenters. The van der Waals surface area contributed by atoms with Crippen molar-refractivity contribution in [2.75, 3.05) is 33.7 Å². The predicted octanol–water partition coefficient (Wildman–Crippen LogP) is -0.598. The van der Waals surface area contributed by atoms with Crippen LogP contribution in [0.15, 0.2) is 34.2 Å². The first kappa shape index (κ1) is 19.4. The number of nitrogens with one attached hydrogen (secondary N) is 3. The molecule has 7 nitrogen and oxygen atoms in total. The minimum atomic E-state index is -3.53. The second kappa shape index (κ2) is 7.53. The van der Waals surface area contributed by atoms with Crippen LogP contribution in [-0.2, 0) is 14.8 Å². The van der Waals surface area contributed by atoms with Gasteiger partial charge in [0.15, 0.2) is 0 Å². The van der Waals surface area contributed by atoms with Gasteiger partial charge in [-0.2, -0.15) is 0 Å². The molecule has 0 aromatic heterocycles. The average molecular weight is 367 g/mol. The molecule has 0 saturated carbocycles. The Labute approximate surface area is 149 Å². The van der Waals surface area contributed by atoms with E-state index < -0.39 is 10.0 Å². The van der Waals surface area contributed by atoms with Crippen molar-refractivity contribution >= 4 is 21.8 Å². The molecule has 1 aromatic rings. The second-order valence-corrected chi connectivity index (χ2v) is 9.06. The molecule has 1 aliphatic rings. The summed E-state index contributed by atoms with van der Waals surface area (Å²) in [7, 11) is 0.637. The number of aliphatic imine (C=N–C) groups is 1. The number of hydrogen-bond acceptors (Lipinski definition) is 4. The Morgan fingerprint density at radius 1 is 1.28 bits per heavy atom. The molecule has 0 unspecified atom stereocenters. The molecule has 1 aromatic carbocycles. The van der Waals surface area contributed by atoms with E-state index in [1.54, 1.807) is 24.3 Å². The van der Waals surface area contributed by atoms with E-state index in [0.717, 1.165) is 6.54 Å². The number of hydrogen-bond donors (Lipinski definition) is 3. The number of quaternary nitrogens is 1. The molecule has 0 radical (unpaired) electrons. The second-order valence-electron chi connectivity index (χ2n) is 7.41. The number of fused-ring (bicyclic) bond motifs is 1. The van der Waals surface area contributed by atoms with Crippen molar-refractivity contribution < 1.29 is 18.1 Å². The van der Waals surface area contributed by atoms with Crippen LogP contribution in [0.2, 0.25) is 0 Å². The summed E-state index contributed by atoms with van der Waals surface area (Å²) in [5.74, 6) is 0.222. The highest BCUT2D eigenvalue weighted by atomic mass is 32.2. The zero-order valence-corrected chi connectivity index (χ0v) is 16.0. The summed E-state index contributed by atoms with van der Waals surface area (Å²) in [6.45, 7) is 6.02. The Balaban J connectivity index is 1.89. The van der Waals surface area contributed by atoms with Crippen LogP contribution in [0.4, 0.5) is 0 Å². The van der Waals surface area contributed by atoms with Crippen molar-refractivity contribution in [3.8, 4) is 0 Å². The number of rotatable bonds is 7. The maximum Gasteiger partial charge on any atom is 0.263 e. The monoisotopic (exact) mass is 367 g/mol. The normalized spacial score (nSPS) is 17.4. The third-order valence-corrected chi connectivity index (χ3v) is 5.26. The van der Waals surface area contributed by atoms with E-state index in [1.807, 2.05) is 0 Å². The molecular formula is C17H27N4O3S+. The van der Waals surface area contributed by atoms with E-state index in [4.69, 9.17) is 0 Å². The van der Waals surface area contributed by atoms with Crippen LogP contribution < -0.4 is 14.9 Å². The fourth-order valence-corrected chi connectivity index (χ4v) is 4.22. The highest BCUT2D eigenvalue weighted by molar-refractivity contribution is 7.90. The van der Waals surface area contributed by atoms with E-state index >= 15 is 0 Å². The lowest BCUT2D eigenvalue weighted by Crippen LogP contribution is -3.07. The van der Waals surface area contributed by atoms with Crippen LogP contribution in [0.25, 0.3) is 0 Å². The van der Waals surface area contributed by atoms with Crippen molar-refractivity contribution in [1.82, 2.24) is 10.0 Å². The first-order chi connectivity index (χ1) is 11.6. The average Bonchev–Trinajstić information content (AvgIpc) is 2.76. The van der Waals surface area contributed by atoms with E-state index in [0.29, 0.717) is 17.9 Å². The van der Waals surface area contributed by atoms with Gasteiger partial charge >= 0.3 is 0 Å². The quantitative estimate of drug-likeness (QED) is 0.601. The van der Waals surface area contributed by atoms with Gasteiger partial charge < -0.3 is 10.2 Å². The van der Waals surface area contributed by atoms with Gasteiger partial charge in [0, 0.05) is 23.9 Å². The van der Waals surface area contributed by atoms with Gasteiger partial charge in [-0.1, -0.05) is 26.0 Å². The summed E-state index contributed by atoms with van der Waals surface area (Å²) < 4.78 is 26.4. The fourth-order valence-electron chi connectivity index (χ4n) is 2.97. The number of carbonyl (C=O) groups excluding carboxylic acids is 1. The van der Waals surface area contributed by atoms with Crippen molar-refractivity contribution in [3.63, 3.8) is 0 Å². The summed E-state index contributed by atoms with van der Waals surface area (Å²) >= 11 is 0. The zero-order chi connectivity index (χ0) is 18.7. The SMILES string of the molecule is C[NH+](C)CC(C)(C)CNC(=O)CCN=C1NS(=O)(=O)c2ccccc21. The Kier molecular flexibility index (Phi) is 5.84. The molecule has 1 amide bonds. The predicted molar refractivity (Wildman–Crippen MR) is 97.3 cm³/mol. The third-order valence-electron chi connectivity index (χ3n) is 3.87. The van der Waals surface area contributed by atoms with Crippen molar-refractivity contribution in [2.24, 2.45) is 10.4 Å². The molecule has 138 valence electrons. The molecular weight excluding hydrogens is 340 g/mol. The molecule has 2 rings (SSSR count). The van der Waals surface area contributed by atoms with Gasteiger partial charge in [0.25, 0.3) is 10.0 Å². The highest BCUT2D eigenvalue weighted by Crippen LogP contribution is 2.22. The maximum absolute atomic E-state index is 12.0. The summed E-state index contributed by atoms with van der Waals surface area (Å²) in [5.41, 5.74) is 0.568. The van der Waals surface area contributed by atoms with Crippen LogP contribution in [0.1, 0.15) is 25.8 Å². The Morgan fingerprint density at radius 2 is 1.96 bits per heavy atom. The number of nitrogens with zero attached hydrogens (tertiary/aromatic N) is 1. The number of sulfonamides is 1. The van der Waals surface area contributed by atoms with Crippen molar-refractivity contribution in [3.05, 3.63) is 29.8 Å². The van der Waals surface area contributed by atoms with Crippen LogP contribution in [0, 0.1) is 5.41 Å². The largest absolute Gasteiger partial charge is 0.355 e. The van der Waals surface area contributed by atoms with Crippen LogP contribution in [0.3, 0.4) is 0 Å². The van der Waals surface area contributed by atoms with Crippen LogP contribution in [-0.4, -0.2) is 53.9 Å². The van der Waals surface area contributed by atoms with Gasteiger partial charge in [-0.25, -0.2) is 8.42 Å². The van der Waals surface area contributed by atoms with Gasteiger partial charge in [-0.3, -0.25) is 14.5 Å². The maximum atomic E-state index is 12.0. The molecule has 3 N–H and O–H groups in total. The summed E-state index contributed by atoms with van der Waals surface area (Å²) in [6, 6.07) is 6.68. The molecule has 25 heavy (non-hydrogen) atoms. The fraction of sp³-hybridized carbons (Fsp3) is 0.529. The summed E-state index contributed by atoms with van der Waals surface area (Å²) in [5, 5.41) is 2.93. The number of carbonyl (C=O) groups is 1. The van der Waals surface area contributed by atoms with Gasteiger partial charge in [0.2, 0.25) is 5.91 Å². The Hall–Kier alpha value is -1.93. The van der Waals surface area contributed by atoms with Crippen molar-refractivity contribution in [1.29, 1.82) is 0 Å². The summed E-state index contributed by atoms with van der Waals surface area (Å²) in [4.78, 5) is 17.8. The van der Waals surface area contributed by atoms with E-state index in [-0.39, 0.29) is 29.2 Å². The van der Waals surface area contributed by atoms with Gasteiger partial charge in [0.05, 0.1) is 32.1 Å². The summed E-state index contributed by atoms with van der Waals surface area (Å²) in [6.07, 6.45) is 0.221. The molecule has 0 fully saturated rings. The van der Waals surface area contributed by atoms with Crippen molar-refractivity contribution in [2.45, 2.75) is 25.2 Å². The minimum absolute atomic E-state index is 0.0143. The molecule has 1 aliphatic heterocycles. The van der Waals surface area contributed by atoms with E-state index in [1.165, 1.54) is 4.90 Å². The lowest BCUT2D eigenvalue weighted by atomic mass is 9.93. The Morgan fingerprint density at radius 3 is 2.64 bits per heavy atom. The van der Waals surface area contributed by atoms with Gasteiger partial charge in [-0.15, -0.1) is 0 Å². The molecule has 0 saturated heterocycles. The number of amidine groups is 1. The van der Waals surface area contributed by atoms with E-state index in [9.17, 15) is 13.2 Å². The lowest BCUT2D eigenvalue weighted by molar-refractivity contribution is -0.865. The lowest BCUT2D eigenvalue weighted by Gasteiger charge is -2.26. The molecule has 0 bridgehead atoms. The first-order valence-electron chi connectivity index (χ1n) is 8.33. The zero-order valence-electron chi connectivity index (χ0n) is 15.2. The third kappa shape index (κ3) is 5.27. The number of amides is 1. The smallest absolute Gasteiger partial charge is 0.263 e. The standard InChI is InChI=1S/C17H26N4O3S/c1-17(2,12-21(3)4)11-19-15(22)9-10-18-16-13-7-5-6-8-14(13)25(23,24)20-16/h5-8H,9-12H2,1-4H3,(H,18,20)(H,19,22)/p+1. The molecule has 1 heterocycles. The topological polar surface area (TPSA) is 92.1 Å². The van der Waals surface area contributed by atoms with Gasteiger partial charge in [0.1, 0.15) is 5.84 Å². The number of benzene rings is 1. The van der Waals surface area contributed by atoms with Crippen LogP contribution in [0.5, 0.6) is 0 Å². The van der Waals surface area contributed by atoms with Crippen LogP contribution >= 0.6 is 0 Å². The minimum Gasteiger partial charge on any atom is -0.355 e. The Bertz CT molecular complexity index is 770. The van der Waals surface area contributed by atoms with E-state index in [2.05, 4.69) is 43.0 Å². The first-order valence-corrected chi connectivity index (χ1v) is 9.81. The molecule has 0 aliphatic carbocycles. The van der Waals surface area contributed by atoms with Gasteiger partial charge in [-0.05, 0) is 12.1 Å². The highest BCUT2D eigenvalue weighted by Gasteiger charge is 2.30. The molecule has 8 heteroatoms. The molecule has 0 spiro atoms.